The smallest absolute Gasteiger partial charge is 0.282 e. The number of fused-ring (bicyclic) bond motifs is 1. The maximum Gasteiger partial charge on any atom is 0.295 e. The van der Waals surface area contributed by atoms with E-state index in [2.05, 4.69) is 0 Å². The molecular formula is C10H7NO5S. The first kappa shape index (κ1) is 11.5. The minimum Gasteiger partial charge on any atom is -0.282 e. The summed E-state index contributed by atoms with van der Waals surface area (Å²) >= 11 is 0. The fraction of sp³-hybridized carbons (Fsp3) is 0. The third-order valence-corrected chi connectivity index (χ3v) is 3.25. The minimum atomic E-state index is -4.39. The molecule has 0 atom stereocenters. The van der Waals surface area contributed by atoms with Gasteiger partial charge in [-0.15, -0.1) is 0 Å². The van der Waals surface area contributed by atoms with Gasteiger partial charge in [0, 0.05) is 11.5 Å². The number of non-ortho nitro benzene ring substituents is 1. The summed E-state index contributed by atoms with van der Waals surface area (Å²) in [5.41, 5.74) is -0.201. The van der Waals surface area contributed by atoms with Crippen molar-refractivity contribution in [2.24, 2.45) is 0 Å². The molecule has 88 valence electrons. The highest BCUT2D eigenvalue weighted by atomic mass is 32.2. The van der Waals surface area contributed by atoms with Gasteiger partial charge in [0.05, 0.1) is 10.3 Å². The van der Waals surface area contributed by atoms with Crippen molar-refractivity contribution < 1.29 is 17.9 Å². The molecule has 0 heterocycles. The molecule has 2 aromatic carbocycles. The molecule has 0 aliphatic rings. The number of rotatable bonds is 2. The molecule has 0 spiro atoms. The fourth-order valence-corrected chi connectivity index (χ4v) is 2.36. The molecule has 0 saturated heterocycles. The van der Waals surface area contributed by atoms with Crippen LogP contribution in [-0.2, 0) is 10.1 Å². The number of hydrogen-bond acceptors (Lipinski definition) is 4. The molecular weight excluding hydrogens is 246 g/mol. The fourth-order valence-electron chi connectivity index (χ4n) is 1.65. The zero-order valence-corrected chi connectivity index (χ0v) is 9.22. The summed E-state index contributed by atoms with van der Waals surface area (Å²) in [5, 5.41) is 11.1. The molecule has 0 aromatic heterocycles. The van der Waals surface area contributed by atoms with Crippen LogP contribution in [0, 0.1) is 10.1 Å². The van der Waals surface area contributed by atoms with Crippen LogP contribution in [0.5, 0.6) is 0 Å². The van der Waals surface area contributed by atoms with Crippen molar-refractivity contribution in [3.8, 4) is 0 Å². The molecule has 0 aliphatic heterocycles. The van der Waals surface area contributed by atoms with E-state index in [9.17, 15) is 18.5 Å². The molecule has 0 amide bonds. The van der Waals surface area contributed by atoms with Gasteiger partial charge >= 0.3 is 0 Å². The highest BCUT2D eigenvalue weighted by Gasteiger charge is 2.18. The summed E-state index contributed by atoms with van der Waals surface area (Å²) in [5.74, 6) is 0. The standard InChI is InChI=1S/C10H7NO5S/c12-11(13)9-5-1-4-8-7(9)3-2-6-10(8)17(14,15)16/h1-6H,(H,14,15,16). The molecule has 0 aliphatic carbocycles. The summed E-state index contributed by atoms with van der Waals surface area (Å²) in [4.78, 5) is 9.83. The van der Waals surface area contributed by atoms with Crippen molar-refractivity contribution in [1.82, 2.24) is 0 Å². The normalized spacial score (nSPS) is 11.6. The lowest BCUT2D eigenvalue weighted by Crippen LogP contribution is -1.99. The van der Waals surface area contributed by atoms with Crippen LogP contribution in [0.25, 0.3) is 10.8 Å². The van der Waals surface area contributed by atoms with Gasteiger partial charge in [-0.2, -0.15) is 8.42 Å². The number of hydrogen-bond donors (Lipinski definition) is 1. The zero-order valence-electron chi connectivity index (χ0n) is 8.40. The third kappa shape index (κ3) is 1.97. The summed E-state index contributed by atoms with van der Waals surface area (Å²) < 4.78 is 31.2. The van der Waals surface area contributed by atoms with Gasteiger partial charge in [-0.3, -0.25) is 14.7 Å². The Labute approximate surface area is 96.4 Å². The maximum absolute atomic E-state index is 11.1. The molecule has 6 nitrogen and oxygen atoms in total. The highest BCUT2D eigenvalue weighted by Crippen LogP contribution is 2.29. The van der Waals surface area contributed by atoms with E-state index in [1.165, 1.54) is 36.4 Å². The molecule has 17 heavy (non-hydrogen) atoms. The number of nitro benzene ring substituents is 1. The zero-order chi connectivity index (χ0) is 12.6. The predicted octanol–water partition coefficient (Wildman–Crippen LogP) is 1.99. The summed E-state index contributed by atoms with van der Waals surface area (Å²) in [6, 6.07) is 8.03. The van der Waals surface area contributed by atoms with E-state index in [1.54, 1.807) is 0 Å². The Kier molecular flexibility index (Phi) is 2.56. The molecule has 2 aromatic rings. The second kappa shape index (κ2) is 3.79. The van der Waals surface area contributed by atoms with Gasteiger partial charge in [-0.1, -0.05) is 18.2 Å². The Hall–Kier alpha value is -1.99. The monoisotopic (exact) mass is 253 g/mol. The van der Waals surface area contributed by atoms with Crippen molar-refractivity contribution in [2.75, 3.05) is 0 Å². The van der Waals surface area contributed by atoms with Crippen molar-refractivity contribution in [3.05, 3.63) is 46.5 Å². The van der Waals surface area contributed by atoms with Crippen LogP contribution < -0.4 is 0 Å². The second-order valence-corrected chi connectivity index (χ2v) is 4.75. The topological polar surface area (TPSA) is 97.5 Å². The average molecular weight is 253 g/mol. The summed E-state index contributed by atoms with van der Waals surface area (Å²) in [6.07, 6.45) is 0. The Morgan fingerprint density at radius 2 is 1.65 bits per heavy atom. The van der Waals surface area contributed by atoms with Crippen molar-refractivity contribution in [1.29, 1.82) is 0 Å². The number of nitrogens with zero attached hydrogens (tertiary/aromatic N) is 1. The molecule has 7 heteroatoms. The van der Waals surface area contributed by atoms with Gasteiger partial charge in [-0.05, 0) is 12.1 Å². The molecule has 0 unspecified atom stereocenters. The third-order valence-electron chi connectivity index (χ3n) is 2.33. The Balaban J connectivity index is 2.94. The van der Waals surface area contributed by atoms with E-state index in [1.807, 2.05) is 0 Å². The van der Waals surface area contributed by atoms with Crippen LogP contribution in [0.3, 0.4) is 0 Å². The van der Waals surface area contributed by atoms with Crippen molar-refractivity contribution in [2.45, 2.75) is 4.90 Å². The van der Waals surface area contributed by atoms with Crippen LogP contribution in [-0.4, -0.2) is 17.9 Å². The molecule has 0 bridgehead atoms. The quantitative estimate of drug-likeness (QED) is 0.501. The van der Waals surface area contributed by atoms with Gasteiger partial charge in [0.25, 0.3) is 15.8 Å². The Morgan fingerprint density at radius 1 is 1.06 bits per heavy atom. The summed E-state index contributed by atoms with van der Waals surface area (Å²) in [7, 11) is -4.39. The first-order valence-electron chi connectivity index (χ1n) is 4.55. The van der Waals surface area contributed by atoms with E-state index in [0.29, 0.717) is 0 Å². The van der Waals surface area contributed by atoms with E-state index in [-0.39, 0.29) is 21.4 Å². The average Bonchev–Trinajstić information content (AvgIpc) is 2.26. The molecule has 0 fully saturated rings. The van der Waals surface area contributed by atoms with E-state index in [4.69, 9.17) is 4.55 Å². The van der Waals surface area contributed by atoms with Gasteiger partial charge in [0.15, 0.2) is 0 Å². The van der Waals surface area contributed by atoms with Crippen LogP contribution in [0.4, 0.5) is 5.69 Å². The first-order valence-corrected chi connectivity index (χ1v) is 5.99. The van der Waals surface area contributed by atoms with Crippen LogP contribution >= 0.6 is 0 Å². The lowest BCUT2D eigenvalue weighted by Gasteiger charge is -2.03. The summed E-state index contributed by atoms with van der Waals surface area (Å²) in [6.45, 7) is 0. The number of benzene rings is 2. The predicted molar refractivity (Wildman–Crippen MR) is 60.4 cm³/mol. The van der Waals surface area contributed by atoms with Crippen LogP contribution in [0.1, 0.15) is 0 Å². The second-order valence-electron chi connectivity index (χ2n) is 3.36. The highest BCUT2D eigenvalue weighted by molar-refractivity contribution is 7.86. The molecule has 0 saturated carbocycles. The van der Waals surface area contributed by atoms with Crippen LogP contribution in [0.15, 0.2) is 41.3 Å². The van der Waals surface area contributed by atoms with Crippen molar-refractivity contribution >= 4 is 26.6 Å². The van der Waals surface area contributed by atoms with Crippen molar-refractivity contribution in [3.63, 3.8) is 0 Å². The maximum atomic E-state index is 11.1. The molecule has 1 N–H and O–H groups in total. The van der Waals surface area contributed by atoms with E-state index in [0.717, 1.165) is 0 Å². The first-order chi connectivity index (χ1) is 7.91. The van der Waals surface area contributed by atoms with Crippen LogP contribution in [0.2, 0.25) is 0 Å². The van der Waals surface area contributed by atoms with Gasteiger partial charge in [-0.25, -0.2) is 0 Å². The number of nitro groups is 1. The van der Waals surface area contributed by atoms with Gasteiger partial charge < -0.3 is 0 Å². The Bertz CT molecular complexity index is 708. The Morgan fingerprint density at radius 3 is 2.24 bits per heavy atom. The lowest BCUT2D eigenvalue weighted by molar-refractivity contribution is -0.383. The van der Waals surface area contributed by atoms with Gasteiger partial charge in [0.2, 0.25) is 0 Å². The van der Waals surface area contributed by atoms with E-state index >= 15 is 0 Å². The molecule has 2 rings (SSSR count). The lowest BCUT2D eigenvalue weighted by atomic mass is 10.1. The SMILES string of the molecule is O=[N+]([O-])c1cccc2c(S(=O)(=O)O)cccc12. The largest absolute Gasteiger partial charge is 0.295 e. The molecule has 0 radical (unpaired) electrons. The van der Waals surface area contributed by atoms with E-state index < -0.39 is 15.0 Å². The minimum absolute atomic E-state index is 0.129. The van der Waals surface area contributed by atoms with Gasteiger partial charge in [0.1, 0.15) is 4.90 Å².